The Kier molecular flexibility index (Phi) is 2.85. The SMILES string of the molecule is NC(=O)N1CCN(c2ccccc2O)CC1. The number of aromatic hydroxyl groups is 1. The van der Waals surface area contributed by atoms with E-state index in [9.17, 15) is 9.90 Å². The van der Waals surface area contributed by atoms with Gasteiger partial charge < -0.3 is 20.6 Å². The molecule has 0 aliphatic carbocycles. The highest BCUT2D eigenvalue weighted by Gasteiger charge is 2.20. The molecule has 0 unspecified atom stereocenters. The van der Waals surface area contributed by atoms with E-state index in [-0.39, 0.29) is 11.8 Å². The Balaban J connectivity index is 2.05. The zero-order chi connectivity index (χ0) is 11.5. The Labute approximate surface area is 94.1 Å². The Morgan fingerprint density at radius 3 is 2.38 bits per heavy atom. The van der Waals surface area contributed by atoms with Crippen LogP contribution in [0.5, 0.6) is 5.75 Å². The Hall–Kier alpha value is -1.91. The number of nitrogens with two attached hydrogens (primary N) is 1. The maximum absolute atomic E-state index is 10.9. The molecule has 0 saturated carbocycles. The van der Waals surface area contributed by atoms with Crippen molar-refractivity contribution in [2.24, 2.45) is 5.73 Å². The summed E-state index contributed by atoms with van der Waals surface area (Å²) in [4.78, 5) is 14.6. The van der Waals surface area contributed by atoms with Gasteiger partial charge in [0.1, 0.15) is 5.75 Å². The highest BCUT2D eigenvalue weighted by molar-refractivity contribution is 5.72. The molecule has 1 aromatic carbocycles. The summed E-state index contributed by atoms with van der Waals surface area (Å²) < 4.78 is 0. The number of hydrogen-bond acceptors (Lipinski definition) is 3. The number of piperazine rings is 1. The van der Waals surface area contributed by atoms with Gasteiger partial charge in [-0.25, -0.2) is 4.79 Å². The molecule has 16 heavy (non-hydrogen) atoms. The van der Waals surface area contributed by atoms with E-state index >= 15 is 0 Å². The summed E-state index contributed by atoms with van der Waals surface area (Å²) in [5, 5.41) is 9.69. The molecule has 0 spiro atoms. The maximum Gasteiger partial charge on any atom is 0.314 e. The zero-order valence-corrected chi connectivity index (χ0v) is 8.97. The van der Waals surface area contributed by atoms with Crippen molar-refractivity contribution in [1.82, 2.24) is 4.90 Å². The minimum absolute atomic E-state index is 0.273. The van der Waals surface area contributed by atoms with E-state index < -0.39 is 0 Å². The highest BCUT2D eigenvalue weighted by Crippen LogP contribution is 2.26. The third kappa shape index (κ3) is 2.03. The number of primary amides is 1. The van der Waals surface area contributed by atoms with Crippen LogP contribution in [-0.2, 0) is 0 Å². The predicted molar refractivity (Wildman–Crippen MR) is 61.5 cm³/mol. The van der Waals surface area contributed by atoms with E-state index in [1.54, 1.807) is 17.0 Å². The van der Waals surface area contributed by atoms with Crippen LogP contribution < -0.4 is 10.6 Å². The van der Waals surface area contributed by atoms with Crippen molar-refractivity contribution >= 4 is 11.7 Å². The molecule has 1 saturated heterocycles. The first-order valence-corrected chi connectivity index (χ1v) is 5.26. The summed E-state index contributed by atoms with van der Waals surface area (Å²) in [6.45, 7) is 2.59. The third-order valence-electron chi connectivity index (χ3n) is 2.81. The second-order valence-corrected chi connectivity index (χ2v) is 3.80. The van der Waals surface area contributed by atoms with E-state index in [1.807, 2.05) is 12.1 Å². The van der Waals surface area contributed by atoms with Gasteiger partial charge in [0.15, 0.2) is 0 Å². The van der Waals surface area contributed by atoms with Crippen LogP contribution in [0.4, 0.5) is 10.5 Å². The average Bonchev–Trinajstić information content (AvgIpc) is 2.30. The first-order valence-electron chi connectivity index (χ1n) is 5.26. The van der Waals surface area contributed by atoms with E-state index in [4.69, 9.17) is 5.73 Å². The van der Waals surface area contributed by atoms with Gasteiger partial charge in [-0.2, -0.15) is 0 Å². The molecule has 0 aromatic heterocycles. The first kappa shape index (κ1) is 10.6. The fourth-order valence-electron chi connectivity index (χ4n) is 1.90. The fourth-order valence-corrected chi connectivity index (χ4v) is 1.90. The number of rotatable bonds is 1. The lowest BCUT2D eigenvalue weighted by atomic mass is 10.2. The number of benzene rings is 1. The van der Waals surface area contributed by atoms with Crippen molar-refractivity contribution in [2.75, 3.05) is 31.1 Å². The third-order valence-corrected chi connectivity index (χ3v) is 2.81. The standard InChI is InChI=1S/C11H15N3O2/c12-11(16)14-7-5-13(6-8-14)9-3-1-2-4-10(9)15/h1-4,15H,5-8H2,(H2,12,16). The lowest BCUT2D eigenvalue weighted by molar-refractivity contribution is 0.204. The number of phenols is 1. The van der Waals surface area contributed by atoms with Gasteiger partial charge in [0.25, 0.3) is 0 Å². The normalized spacial score (nSPS) is 16.2. The van der Waals surface area contributed by atoms with Gasteiger partial charge in [-0.3, -0.25) is 0 Å². The maximum atomic E-state index is 10.9. The van der Waals surface area contributed by atoms with Crippen LogP contribution in [-0.4, -0.2) is 42.2 Å². The molecular weight excluding hydrogens is 206 g/mol. The van der Waals surface area contributed by atoms with E-state index in [1.165, 1.54) is 0 Å². The molecule has 5 nitrogen and oxygen atoms in total. The van der Waals surface area contributed by atoms with Crippen LogP contribution in [0.1, 0.15) is 0 Å². The van der Waals surface area contributed by atoms with Gasteiger partial charge >= 0.3 is 6.03 Å². The number of nitrogens with zero attached hydrogens (tertiary/aromatic N) is 2. The van der Waals surface area contributed by atoms with Gasteiger partial charge in [-0.1, -0.05) is 12.1 Å². The molecule has 0 atom stereocenters. The van der Waals surface area contributed by atoms with Crippen LogP contribution >= 0.6 is 0 Å². The molecule has 0 radical (unpaired) electrons. The molecule has 1 aliphatic rings. The molecule has 1 heterocycles. The lowest BCUT2D eigenvalue weighted by Crippen LogP contribution is -2.50. The van der Waals surface area contributed by atoms with Crippen molar-refractivity contribution in [3.63, 3.8) is 0 Å². The van der Waals surface area contributed by atoms with Crippen LogP contribution in [0.25, 0.3) is 0 Å². The van der Waals surface area contributed by atoms with E-state index in [0.717, 1.165) is 5.69 Å². The number of carbonyl (C=O) groups is 1. The van der Waals surface area contributed by atoms with E-state index in [2.05, 4.69) is 4.90 Å². The lowest BCUT2D eigenvalue weighted by Gasteiger charge is -2.35. The van der Waals surface area contributed by atoms with Gasteiger partial charge in [0, 0.05) is 26.2 Å². The Morgan fingerprint density at radius 2 is 1.81 bits per heavy atom. The summed E-state index contributed by atoms with van der Waals surface area (Å²) in [6, 6.07) is 6.83. The summed E-state index contributed by atoms with van der Waals surface area (Å²) in [7, 11) is 0. The summed E-state index contributed by atoms with van der Waals surface area (Å²) in [6.07, 6.45) is 0. The van der Waals surface area contributed by atoms with Crippen molar-refractivity contribution in [2.45, 2.75) is 0 Å². The molecule has 1 aliphatic heterocycles. The van der Waals surface area contributed by atoms with Crippen molar-refractivity contribution < 1.29 is 9.90 Å². The molecule has 86 valence electrons. The highest BCUT2D eigenvalue weighted by atomic mass is 16.3. The fraction of sp³-hybridized carbons (Fsp3) is 0.364. The molecule has 0 bridgehead atoms. The Morgan fingerprint density at radius 1 is 1.19 bits per heavy atom. The van der Waals surface area contributed by atoms with Crippen LogP contribution in [0.15, 0.2) is 24.3 Å². The van der Waals surface area contributed by atoms with Gasteiger partial charge in [0.2, 0.25) is 0 Å². The minimum atomic E-state index is -0.378. The molecule has 1 fully saturated rings. The molecule has 3 N–H and O–H groups in total. The molecule has 2 amide bonds. The summed E-state index contributed by atoms with van der Waals surface area (Å²) in [5.74, 6) is 0.273. The average molecular weight is 221 g/mol. The second kappa shape index (κ2) is 4.30. The zero-order valence-electron chi connectivity index (χ0n) is 8.97. The number of urea groups is 1. The molecule has 1 aromatic rings. The van der Waals surface area contributed by atoms with Crippen LogP contribution in [0, 0.1) is 0 Å². The number of para-hydroxylation sites is 2. The van der Waals surface area contributed by atoms with Gasteiger partial charge in [-0.05, 0) is 12.1 Å². The van der Waals surface area contributed by atoms with Gasteiger partial charge in [0.05, 0.1) is 5.69 Å². The number of phenolic OH excluding ortho intramolecular Hbond substituents is 1. The monoisotopic (exact) mass is 221 g/mol. The van der Waals surface area contributed by atoms with Crippen molar-refractivity contribution in [3.05, 3.63) is 24.3 Å². The van der Waals surface area contributed by atoms with Gasteiger partial charge in [-0.15, -0.1) is 0 Å². The molecular formula is C11H15N3O2. The largest absolute Gasteiger partial charge is 0.506 e. The summed E-state index contributed by atoms with van der Waals surface area (Å²) in [5.41, 5.74) is 6.01. The molecule has 2 rings (SSSR count). The Bertz CT molecular complexity index is 387. The van der Waals surface area contributed by atoms with Crippen LogP contribution in [0.2, 0.25) is 0 Å². The second-order valence-electron chi connectivity index (χ2n) is 3.80. The van der Waals surface area contributed by atoms with Crippen molar-refractivity contribution in [1.29, 1.82) is 0 Å². The number of anilines is 1. The number of carbonyl (C=O) groups excluding carboxylic acids is 1. The minimum Gasteiger partial charge on any atom is -0.506 e. The van der Waals surface area contributed by atoms with Crippen molar-refractivity contribution in [3.8, 4) is 5.75 Å². The first-order chi connectivity index (χ1) is 7.68. The summed E-state index contributed by atoms with van der Waals surface area (Å²) >= 11 is 0. The van der Waals surface area contributed by atoms with Crippen LogP contribution in [0.3, 0.4) is 0 Å². The quantitative estimate of drug-likeness (QED) is 0.729. The van der Waals surface area contributed by atoms with E-state index in [0.29, 0.717) is 26.2 Å². The number of hydrogen-bond donors (Lipinski definition) is 2. The smallest absolute Gasteiger partial charge is 0.314 e. The predicted octanol–water partition coefficient (Wildman–Crippen LogP) is 0.593. The topological polar surface area (TPSA) is 69.8 Å². The molecule has 5 heteroatoms. The number of amides is 2.